The van der Waals surface area contributed by atoms with Crippen molar-refractivity contribution in [2.45, 2.75) is 23.6 Å². The molecule has 0 bridgehead atoms. The molecule has 0 atom stereocenters. The van der Waals surface area contributed by atoms with Gasteiger partial charge >= 0.3 is 0 Å². The van der Waals surface area contributed by atoms with Crippen LogP contribution in [0.25, 0.3) is 0 Å². The second-order valence-electron chi connectivity index (χ2n) is 9.04. The highest BCUT2D eigenvalue weighted by atomic mass is 35.5. The minimum absolute atomic E-state index is 0.0241. The van der Waals surface area contributed by atoms with E-state index in [2.05, 4.69) is 10.0 Å². The van der Waals surface area contributed by atoms with E-state index in [-0.39, 0.29) is 31.2 Å². The van der Waals surface area contributed by atoms with Crippen LogP contribution < -0.4 is 14.3 Å². The van der Waals surface area contributed by atoms with Crippen molar-refractivity contribution in [1.82, 2.24) is 0 Å². The monoisotopic (exact) mass is 651 g/mol. The molecule has 13 heteroatoms. The first-order valence-corrected chi connectivity index (χ1v) is 16.1. The molecular weight excluding hydrogens is 629 g/mol. The summed E-state index contributed by atoms with van der Waals surface area (Å²) in [6.07, 6.45) is 0. The van der Waals surface area contributed by atoms with Crippen LogP contribution in [0.2, 0.25) is 15.1 Å². The second-order valence-corrected chi connectivity index (χ2v) is 13.9. The van der Waals surface area contributed by atoms with Crippen LogP contribution in [0.4, 0.5) is 17.1 Å². The van der Waals surface area contributed by atoms with Gasteiger partial charge in [-0.05, 0) is 86.1 Å². The molecule has 4 aromatic rings. The number of carbonyl (C=O) groups excluding carboxylic acids is 1. The lowest BCUT2D eigenvalue weighted by Crippen LogP contribution is -2.38. The minimum Gasteiger partial charge on any atom is -0.325 e. The Labute approximate surface area is 254 Å². The molecule has 0 aromatic heterocycles. The van der Waals surface area contributed by atoms with Gasteiger partial charge in [0.2, 0.25) is 5.91 Å². The summed E-state index contributed by atoms with van der Waals surface area (Å²) in [5.41, 5.74) is 2.13. The Morgan fingerprint density at radius 2 is 1.37 bits per heavy atom. The van der Waals surface area contributed by atoms with Gasteiger partial charge in [-0.2, -0.15) is 0 Å². The molecule has 0 aliphatic rings. The van der Waals surface area contributed by atoms with E-state index in [0.29, 0.717) is 16.3 Å². The molecule has 4 rings (SSSR count). The summed E-state index contributed by atoms with van der Waals surface area (Å²) in [4.78, 5) is 13.0. The Bertz CT molecular complexity index is 1790. The van der Waals surface area contributed by atoms with E-state index in [1.165, 1.54) is 54.6 Å². The lowest BCUT2D eigenvalue weighted by molar-refractivity contribution is -0.114. The summed E-state index contributed by atoms with van der Waals surface area (Å²) in [6.45, 7) is 2.91. The van der Waals surface area contributed by atoms with Gasteiger partial charge in [-0.15, -0.1) is 0 Å². The second kappa shape index (κ2) is 12.3. The van der Waals surface area contributed by atoms with Gasteiger partial charge in [0.1, 0.15) is 6.54 Å². The number of amides is 1. The van der Waals surface area contributed by atoms with Crippen LogP contribution in [0.1, 0.15) is 11.1 Å². The standard InChI is InChI=1S/C28H24Cl3N3O5S2/c1-18-6-10-25(11-7-18)41(38,39)34(23-15-20(29)14-21(30)16-23)17-28(35)32-22-8-12-24(13-9-22)40(36,37)33-27-5-3-4-26(31)19(27)2/h3-16,33H,17H2,1-2H3,(H,32,35). The molecule has 0 radical (unpaired) electrons. The maximum absolute atomic E-state index is 13.6. The van der Waals surface area contributed by atoms with Gasteiger partial charge in [-0.1, -0.05) is 58.6 Å². The molecule has 0 unspecified atom stereocenters. The third kappa shape index (κ3) is 7.33. The first-order chi connectivity index (χ1) is 19.3. The molecular formula is C28H24Cl3N3O5S2. The molecule has 0 heterocycles. The van der Waals surface area contributed by atoms with Crippen molar-refractivity contribution in [3.8, 4) is 0 Å². The van der Waals surface area contributed by atoms with Crippen LogP contribution in [0, 0.1) is 13.8 Å². The number of nitrogens with zero attached hydrogens (tertiary/aromatic N) is 1. The number of sulfonamides is 2. The minimum atomic E-state index is -4.20. The smallest absolute Gasteiger partial charge is 0.264 e. The molecule has 0 spiro atoms. The predicted octanol–water partition coefficient (Wildman–Crippen LogP) is 6.90. The number of halogens is 3. The van der Waals surface area contributed by atoms with Gasteiger partial charge in [0.25, 0.3) is 20.0 Å². The molecule has 0 aliphatic heterocycles. The first-order valence-electron chi connectivity index (χ1n) is 12.0. The van der Waals surface area contributed by atoms with E-state index < -0.39 is 32.5 Å². The van der Waals surface area contributed by atoms with Crippen LogP contribution in [0.15, 0.2) is 94.7 Å². The van der Waals surface area contributed by atoms with Gasteiger partial charge < -0.3 is 5.32 Å². The summed E-state index contributed by atoms with van der Waals surface area (Å²) in [6, 6.07) is 20.7. The van der Waals surface area contributed by atoms with E-state index in [9.17, 15) is 21.6 Å². The molecule has 0 saturated heterocycles. The highest BCUT2D eigenvalue weighted by Gasteiger charge is 2.28. The summed E-state index contributed by atoms with van der Waals surface area (Å²) >= 11 is 18.3. The molecule has 214 valence electrons. The van der Waals surface area contributed by atoms with E-state index in [1.54, 1.807) is 37.3 Å². The third-order valence-corrected chi connectivity index (χ3v) is 10.0. The summed E-state index contributed by atoms with van der Waals surface area (Å²) < 4.78 is 56.3. The molecule has 1 amide bonds. The van der Waals surface area contributed by atoms with Crippen molar-refractivity contribution in [3.63, 3.8) is 0 Å². The first kappa shape index (κ1) is 30.7. The maximum atomic E-state index is 13.6. The molecule has 0 fully saturated rings. The number of anilines is 3. The number of carbonyl (C=O) groups is 1. The average Bonchev–Trinajstić information content (AvgIpc) is 2.90. The summed E-state index contributed by atoms with van der Waals surface area (Å²) in [5, 5.41) is 3.40. The van der Waals surface area contributed by atoms with Crippen LogP contribution in [-0.2, 0) is 24.8 Å². The largest absolute Gasteiger partial charge is 0.325 e. The zero-order valence-corrected chi connectivity index (χ0v) is 25.6. The zero-order valence-electron chi connectivity index (χ0n) is 21.7. The van der Waals surface area contributed by atoms with Crippen LogP contribution in [0.5, 0.6) is 0 Å². The molecule has 4 aromatic carbocycles. The maximum Gasteiger partial charge on any atom is 0.264 e. The van der Waals surface area contributed by atoms with Gasteiger partial charge in [0.05, 0.1) is 21.2 Å². The topological polar surface area (TPSA) is 113 Å². The van der Waals surface area contributed by atoms with Crippen molar-refractivity contribution in [2.24, 2.45) is 0 Å². The Hall–Kier alpha value is -3.28. The van der Waals surface area contributed by atoms with Crippen molar-refractivity contribution in [1.29, 1.82) is 0 Å². The number of rotatable bonds is 9. The number of aryl methyl sites for hydroxylation is 1. The number of hydrogen-bond acceptors (Lipinski definition) is 5. The van der Waals surface area contributed by atoms with Crippen LogP contribution in [0.3, 0.4) is 0 Å². The van der Waals surface area contributed by atoms with E-state index in [0.717, 1.165) is 9.87 Å². The Balaban J connectivity index is 1.56. The highest BCUT2D eigenvalue weighted by Crippen LogP contribution is 2.30. The van der Waals surface area contributed by atoms with E-state index in [4.69, 9.17) is 34.8 Å². The van der Waals surface area contributed by atoms with Gasteiger partial charge in [0, 0.05) is 20.8 Å². The molecule has 0 aliphatic carbocycles. The molecule has 2 N–H and O–H groups in total. The number of nitrogens with one attached hydrogen (secondary N) is 2. The van der Waals surface area contributed by atoms with Gasteiger partial charge in [-0.3, -0.25) is 13.8 Å². The number of hydrogen-bond donors (Lipinski definition) is 2. The summed E-state index contributed by atoms with van der Waals surface area (Å²) in [7, 11) is -8.14. The molecule has 8 nitrogen and oxygen atoms in total. The fourth-order valence-electron chi connectivity index (χ4n) is 3.81. The summed E-state index contributed by atoms with van der Waals surface area (Å²) in [5.74, 6) is -0.680. The van der Waals surface area contributed by atoms with Crippen molar-refractivity contribution >= 4 is 77.8 Å². The van der Waals surface area contributed by atoms with Crippen molar-refractivity contribution < 1.29 is 21.6 Å². The lowest BCUT2D eigenvalue weighted by Gasteiger charge is -2.24. The van der Waals surface area contributed by atoms with Crippen LogP contribution in [-0.4, -0.2) is 29.3 Å². The third-order valence-electron chi connectivity index (χ3n) is 5.99. The van der Waals surface area contributed by atoms with E-state index in [1.807, 2.05) is 6.92 Å². The zero-order chi connectivity index (χ0) is 29.9. The number of benzene rings is 4. The predicted molar refractivity (Wildman–Crippen MR) is 164 cm³/mol. The molecule has 0 saturated carbocycles. The fraction of sp³-hybridized carbons (Fsp3) is 0.107. The fourth-order valence-corrected chi connectivity index (χ4v) is 7.02. The van der Waals surface area contributed by atoms with Gasteiger partial charge in [0.15, 0.2) is 0 Å². The lowest BCUT2D eigenvalue weighted by atomic mass is 10.2. The molecule has 41 heavy (non-hydrogen) atoms. The van der Waals surface area contributed by atoms with E-state index >= 15 is 0 Å². The Kier molecular flexibility index (Phi) is 9.20. The highest BCUT2D eigenvalue weighted by molar-refractivity contribution is 7.93. The van der Waals surface area contributed by atoms with Gasteiger partial charge in [-0.25, -0.2) is 16.8 Å². The van der Waals surface area contributed by atoms with Crippen molar-refractivity contribution in [3.05, 3.63) is 111 Å². The van der Waals surface area contributed by atoms with Crippen LogP contribution >= 0.6 is 34.8 Å². The quantitative estimate of drug-likeness (QED) is 0.204. The Morgan fingerprint density at radius 3 is 1.98 bits per heavy atom. The SMILES string of the molecule is Cc1ccc(S(=O)(=O)N(CC(=O)Nc2ccc(S(=O)(=O)Nc3cccc(Cl)c3C)cc2)c2cc(Cl)cc(Cl)c2)cc1. The normalized spacial score (nSPS) is 11.6. The Morgan fingerprint density at radius 1 is 0.780 bits per heavy atom. The average molecular weight is 653 g/mol. The van der Waals surface area contributed by atoms with Crippen molar-refractivity contribution in [2.75, 3.05) is 20.9 Å².